The third-order valence-corrected chi connectivity index (χ3v) is 4.87. The number of rotatable bonds is 6. The van der Waals surface area contributed by atoms with Gasteiger partial charge in [0, 0.05) is 36.0 Å². The van der Waals surface area contributed by atoms with Gasteiger partial charge in [0.05, 0.1) is 13.1 Å². The topological polar surface area (TPSA) is 106 Å². The summed E-state index contributed by atoms with van der Waals surface area (Å²) >= 11 is 6.02. The van der Waals surface area contributed by atoms with Gasteiger partial charge < -0.3 is 15.2 Å². The highest BCUT2D eigenvalue weighted by Gasteiger charge is 2.20. The molecule has 160 valence electrons. The van der Waals surface area contributed by atoms with Crippen molar-refractivity contribution in [3.63, 3.8) is 0 Å². The van der Waals surface area contributed by atoms with Crippen molar-refractivity contribution < 1.29 is 4.52 Å². The van der Waals surface area contributed by atoms with Crippen LogP contribution < -0.4 is 10.6 Å². The summed E-state index contributed by atoms with van der Waals surface area (Å²) in [7, 11) is 0. The molecule has 0 saturated heterocycles. The van der Waals surface area contributed by atoms with E-state index in [1.165, 1.54) is 0 Å². The molecule has 1 aromatic carbocycles. The molecule has 0 amide bonds. The molecule has 0 fully saturated rings. The molecule has 1 aliphatic heterocycles. The number of guanidine groups is 1. The number of aryl methyl sites for hydroxylation is 1. The molecule has 2 N–H and O–H groups in total. The van der Waals surface area contributed by atoms with Crippen molar-refractivity contribution in [2.24, 2.45) is 4.99 Å². The van der Waals surface area contributed by atoms with Crippen LogP contribution in [0.2, 0.25) is 5.02 Å². The molecule has 9 nitrogen and oxygen atoms in total. The van der Waals surface area contributed by atoms with Crippen molar-refractivity contribution in [1.82, 2.24) is 35.5 Å². The summed E-state index contributed by atoms with van der Waals surface area (Å²) in [4.78, 5) is 13.3. The molecule has 0 saturated carbocycles. The fourth-order valence-electron chi connectivity index (χ4n) is 3.23. The Labute approximate surface area is 196 Å². The molecular weight excluding hydrogens is 519 g/mol. The third kappa shape index (κ3) is 5.69. The SMILES string of the molecule is CCNC(=NCCc1nc(-c2cccc(Cl)c2)no1)NC1CCc2ncnn2C1.I. The predicted octanol–water partition coefficient (Wildman–Crippen LogP) is 2.71. The number of halogens is 2. The minimum absolute atomic E-state index is 0. The molecule has 0 spiro atoms. The number of fused-ring (bicyclic) bond motifs is 1. The fourth-order valence-corrected chi connectivity index (χ4v) is 3.42. The first-order valence-electron chi connectivity index (χ1n) is 9.71. The molecule has 0 aliphatic carbocycles. The van der Waals surface area contributed by atoms with Gasteiger partial charge in [-0.3, -0.25) is 4.99 Å². The second kappa shape index (κ2) is 10.7. The quantitative estimate of drug-likeness (QED) is 0.280. The summed E-state index contributed by atoms with van der Waals surface area (Å²) in [6.45, 7) is 4.15. The van der Waals surface area contributed by atoms with Crippen molar-refractivity contribution in [2.75, 3.05) is 13.1 Å². The molecule has 4 rings (SSSR count). The van der Waals surface area contributed by atoms with Gasteiger partial charge in [-0.1, -0.05) is 28.9 Å². The van der Waals surface area contributed by atoms with Crippen molar-refractivity contribution in [3.05, 3.63) is 47.3 Å². The first-order valence-corrected chi connectivity index (χ1v) is 10.1. The average Bonchev–Trinajstić information content (AvgIpc) is 3.37. The highest BCUT2D eigenvalue weighted by Crippen LogP contribution is 2.20. The molecule has 0 radical (unpaired) electrons. The van der Waals surface area contributed by atoms with Gasteiger partial charge in [0.2, 0.25) is 11.7 Å². The maximum Gasteiger partial charge on any atom is 0.228 e. The van der Waals surface area contributed by atoms with Gasteiger partial charge >= 0.3 is 0 Å². The first-order chi connectivity index (χ1) is 14.2. The first kappa shape index (κ1) is 22.5. The van der Waals surface area contributed by atoms with Crippen molar-refractivity contribution >= 4 is 41.5 Å². The summed E-state index contributed by atoms with van der Waals surface area (Å²) in [5, 5.41) is 15.7. The zero-order chi connectivity index (χ0) is 20.1. The number of hydrogen-bond donors (Lipinski definition) is 2. The van der Waals surface area contributed by atoms with E-state index >= 15 is 0 Å². The molecule has 1 aliphatic rings. The van der Waals surface area contributed by atoms with E-state index in [-0.39, 0.29) is 30.0 Å². The Morgan fingerprint density at radius 1 is 1.40 bits per heavy atom. The van der Waals surface area contributed by atoms with Gasteiger partial charge in [0.25, 0.3) is 0 Å². The molecule has 3 heterocycles. The van der Waals surface area contributed by atoms with Crippen LogP contribution in [0.3, 0.4) is 0 Å². The highest BCUT2D eigenvalue weighted by molar-refractivity contribution is 14.0. The number of benzene rings is 1. The minimum Gasteiger partial charge on any atom is -0.357 e. The van der Waals surface area contributed by atoms with Crippen molar-refractivity contribution in [1.29, 1.82) is 0 Å². The Bertz CT molecular complexity index is 988. The van der Waals surface area contributed by atoms with E-state index in [0.717, 1.165) is 43.3 Å². The molecule has 30 heavy (non-hydrogen) atoms. The summed E-state index contributed by atoms with van der Waals surface area (Å²) in [6.07, 6.45) is 4.07. The monoisotopic (exact) mass is 542 g/mol. The minimum atomic E-state index is 0. The average molecular weight is 543 g/mol. The van der Waals surface area contributed by atoms with Crippen molar-refractivity contribution in [2.45, 2.75) is 38.8 Å². The van der Waals surface area contributed by atoms with Crippen LogP contribution in [-0.4, -0.2) is 50.0 Å². The predicted molar refractivity (Wildman–Crippen MR) is 125 cm³/mol. The molecule has 1 atom stereocenters. The lowest BCUT2D eigenvalue weighted by molar-refractivity contribution is 0.379. The Balaban J connectivity index is 0.00000256. The zero-order valence-electron chi connectivity index (χ0n) is 16.6. The van der Waals surface area contributed by atoms with E-state index in [1.807, 2.05) is 35.9 Å². The second-order valence-electron chi connectivity index (χ2n) is 6.77. The molecule has 3 aromatic rings. The summed E-state index contributed by atoms with van der Waals surface area (Å²) in [6, 6.07) is 7.65. The smallest absolute Gasteiger partial charge is 0.228 e. The number of aromatic nitrogens is 5. The zero-order valence-corrected chi connectivity index (χ0v) is 19.7. The Kier molecular flexibility index (Phi) is 8.02. The van der Waals surface area contributed by atoms with Gasteiger partial charge in [-0.15, -0.1) is 24.0 Å². The molecule has 11 heteroatoms. The second-order valence-corrected chi connectivity index (χ2v) is 7.21. The Morgan fingerprint density at radius 3 is 3.13 bits per heavy atom. The highest BCUT2D eigenvalue weighted by atomic mass is 127. The van der Waals surface area contributed by atoms with Crippen LogP contribution in [-0.2, 0) is 19.4 Å². The standard InChI is InChI=1S/C19H23ClN8O.HI/c1-2-21-19(25-15-6-7-16-23-12-24-28(16)11-15)22-9-8-17-26-18(27-29-17)13-4-3-5-14(20)10-13;/h3-5,10,12,15H,2,6-9,11H2,1H3,(H2,21,22,25);1H. The molecule has 2 aromatic heterocycles. The van der Waals surface area contributed by atoms with Crippen LogP contribution in [0.15, 0.2) is 40.1 Å². The fraction of sp³-hybridized carbons (Fsp3) is 0.421. The summed E-state index contributed by atoms with van der Waals surface area (Å²) < 4.78 is 7.29. The van der Waals surface area contributed by atoms with Gasteiger partial charge in [-0.05, 0) is 25.5 Å². The van der Waals surface area contributed by atoms with Crippen LogP contribution in [0, 0.1) is 0 Å². The van der Waals surface area contributed by atoms with Crippen LogP contribution in [0.1, 0.15) is 25.1 Å². The largest absolute Gasteiger partial charge is 0.357 e. The van der Waals surface area contributed by atoms with Crippen LogP contribution in [0.25, 0.3) is 11.4 Å². The van der Waals surface area contributed by atoms with E-state index in [2.05, 4.69) is 35.8 Å². The number of aliphatic imine (C=N–C) groups is 1. The van der Waals surface area contributed by atoms with Gasteiger partial charge in [-0.2, -0.15) is 10.1 Å². The summed E-state index contributed by atoms with van der Waals surface area (Å²) in [5.74, 6) is 2.89. The van der Waals surface area contributed by atoms with E-state index in [4.69, 9.17) is 16.1 Å². The van der Waals surface area contributed by atoms with Crippen LogP contribution in [0.5, 0.6) is 0 Å². The number of nitrogens with zero attached hydrogens (tertiary/aromatic N) is 6. The lowest BCUT2D eigenvalue weighted by Crippen LogP contribution is -2.47. The maximum absolute atomic E-state index is 6.02. The Morgan fingerprint density at radius 2 is 2.30 bits per heavy atom. The van der Waals surface area contributed by atoms with Gasteiger partial charge in [-0.25, -0.2) is 9.67 Å². The van der Waals surface area contributed by atoms with Gasteiger partial charge in [0.1, 0.15) is 12.2 Å². The molecule has 0 bridgehead atoms. The van der Waals surface area contributed by atoms with Crippen molar-refractivity contribution in [3.8, 4) is 11.4 Å². The van der Waals surface area contributed by atoms with Crippen LogP contribution in [0.4, 0.5) is 0 Å². The number of hydrogen-bond acceptors (Lipinski definition) is 6. The normalized spacial score (nSPS) is 15.9. The maximum atomic E-state index is 6.02. The lowest BCUT2D eigenvalue weighted by Gasteiger charge is -2.25. The third-order valence-electron chi connectivity index (χ3n) is 4.64. The summed E-state index contributed by atoms with van der Waals surface area (Å²) in [5.41, 5.74) is 0.829. The van der Waals surface area contributed by atoms with E-state index in [1.54, 1.807) is 6.33 Å². The van der Waals surface area contributed by atoms with E-state index in [0.29, 0.717) is 29.7 Å². The van der Waals surface area contributed by atoms with E-state index in [9.17, 15) is 0 Å². The Hall–Kier alpha value is -2.21. The van der Waals surface area contributed by atoms with Gasteiger partial charge in [0.15, 0.2) is 5.96 Å². The molecule has 1 unspecified atom stereocenters. The lowest BCUT2D eigenvalue weighted by atomic mass is 10.1. The number of nitrogens with one attached hydrogen (secondary N) is 2. The molecular formula is C19H24ClIN8O. The van der Waals surface area contributed by atoms with E-state index < -0.39 is 0 Å². The van der Waals surface area contributed by atoms with Crippen LogP contribution >= 0.6 is 35.6 Å².